The number of rotatable bonds is 7. The number of nitrogens with zero attached hydrogens (tertiary/aromatic N) is 2. The SMILES string of the molecule is COC(=O)CC(=O)N(OCc1ccccc1)c1ncc(Br)cc1C(=O)OC. The van der Waals surface area contributed by atoms with Crippen LogP contribution in [0.4, 0.5) is 5.82 Å². The van der Waals surface area contributed by atoms with Crippen LogP contribution in [0.2, 0.25) is 0 Å². The summed E-state index contributed by atoms with van der Waals surface area (Å²) in [5.74, 6) is -2.28. The van der Waals surface area contributed by atoms with Gasteiger partial charge in [-0.1, -0.05) is 30.3 Å². The Labute approximate surface area is 164 Å². The molecule has 1 amide bonds. The number of aromatic nitrogens is 1. The van der Waals surface area contributed by atoms with Gasteiger partial charge in [-0.15, -0.1) is 0 Å². The van der Waals surface area contributed by atoms with E-state index in [1.54, 1.807) is 12.1 Å². The number of ether oxygens (including phenoxy) is 2. The van der Waals surface area contributed by atoms with Crippen molar-refractivity contribution in [1.29, 1.82) is 0 Å². The third-order valence-electron chi connectivity index (χ3n) is 3.38. The number of esters is 2. The zero-order chi connectivity index (χ0) is 19.8. The second kappa shape index (κ2) is 9.79. The Balaban J connectivity index is 2.38. The Kier molecular flexibility index (Phi) is 7.44. The fraction of sp³-hybridized carbons (Fsp3) is 0.222. The fourth-order valence-electron chi connectivity index (χ4n) is 2.09. The molecule has 0 aliphatic rings. The van der Waals surface area contributed by atoms with E-state index in [9.17, 15) is 14.4 Å². The quantitative estimate of drug-likeness (QED) is 0.373. The Hall–Kier alpha value is -2.78. The van der Waals surface area contributed by atoms with Gasteiger partial charge in [-0.3, -0.25) is 14.4 Å². The first kappa shape index (κ1) is 20.5. The number of pyridine rings is 1. The number of carbonyl (C=O) groups excluding carboxylic acids is 3. The molecule has 27 heavy (non-hydrogen) atoms. The number of halogens is 1. The van der Waals surface area contributed by atoms with E-state index in [-0.39, 0.29) is 18.0 Å². The van der Waals surface area contributed by atoms with Crippen molar-refractivity contribution in [3.05, 3.63) is 58.2 Å². The number of carbonyl (C=O) groups is 3. The van der Waals surface area contributed by atoms with Crippen LogP contribution in [0.1, 0.15) is 22.3 Å². The molecule has 142 valence electrons. The summed E-state index contributed by atoms with van der Waals surface area (Å²) in [5, 5.41) is 0.808. The fourth-order valence-corrected chi connectivity index (χ4v) is 2.42. The molecule has 0 fully saturated rings. The molecule has 8 nitrogen and oxygen atoms in total. The third kappa shape index (κ3) is 5.60. The van der Waals surface area contributed by atoms with E-state index in [0.29, 0.717) is 4.47 Å². The van der Waals surface area contributed by atoms with Crippen molar-refractivity contribution in [2.24, 2.45) is 0 Å². The van der Waals surface area contributed by atoms with Gasteiger partial charge in [0.25, 0.3) is 5.91 Å². The molecule has 0 saturated heterocycles. The van der Waals surface area contributed by atoms with Crippen LogP contribution in [0.5, 0.6) is 0 Å². The summed E-state index contributed by atoms with van der Waals surface area (Å²) in [4.78, 5) is 45.9. The van der Waals surface area contributed by atoms with Gasteiger partial charge in [0.05, 0.1) is 14.2 Å². The lowest BCUT2D eigenvalue weighted by Crippen LogP contribution is -2.35. The molecule has 9 heteroatoms. The van der Waals surface area contributed by atoms with E-state index in [1.807, 2.05) is 18.2 Å². The number of hydrogen-bond donors (Lipinski definition) is 0. The van der Waals surface area contributed by atoms with Crippen molar-refractivity contribution in [2.75, 3.05) is 19.3 Å². The minimum Gasteiger partial charge on any atom is -0.469 e. The number of benzene rings is 1. The Morgan fingerprint density at radius 3 is 2.44 bits per heavy atom. The average molecular weight is 437 g/mol. The molecule has 2 aromatic rings. The van der Waals surface area contributed by atoms with Gasteiger partial charge in [-0.05, 0) is 27.6 Å². The lowest BCUT2D eigenvalue weighted by Gasteiger charge is -2.22. The maximum absolute atomic E-state index is 12.6. The predicted octanol–water partition coefficient (Wildman–Crippen LogP) is 2.66. The normalized spacial score (nSPS) is 10.2. The number of hydroxylamine groups is 1. The van der Waals surface area contributed by atoms with Crippen LogP contribution in [0, 0.1) is 0 Å². The van der Waals surface area contributed by atoms with Crippen molar-refractivity contribution >= 4 is 39.6 Å². The van der Waals surface area contributed by atoms with Crippen LogP contribution in [-0.2, 0) is 30.5 Å². The zero-order valence-corrected chi connectivity index (χ0v) is 16.3. The molecule has 0 spiro atoms. The van der Waals surface area contributed by atoms with E-state index in [1.165, 1.54) is 26.5 Å². The van der Waals surface area contributed by atoms with Gasteiger partial charge >= 0.3 is 11.9 Å². The summed E-state index contributed by atoms with van der Waals surface area (Å²) >= 11 is 3.22. The molecular formula is C18H17BrN2O6. The van der Waals surface area contributed by atoms with Crippen LogP contribution >= 0.6 is 15.9 Å². The summed E-state index contributed by atoms with van der Waals surface area (Å²) in [6.45, 7) is 0.0199. The van der Waals surface area contributed by atoms with Gasteiger partial charge in [0.1, 0.15) is 18.6 Å². The van der Waals surface area contributed by atoms with E-state index < -0.39 is 24.3 Å². The summed E-state index contributed by atoms with van der Waals surface area (Å²) in [6.07, 6.45) is 0.815. The predicted molar refractivity (Wildman–Crippen MR) is 98.6 cm³/mol. The number of anilines is 1. The van der Waals surface area contributed by atoms with Crippen molar-refractivity contribution in [1.82, 2.24) is 4.98 Å². The number of hydrogen-bond acceptors (Lipinski definition) is 7. The summed E-state index contributed by atoms with van der Waals surface area (Å²) in [5.41, 5.74) is 0.781. The van der Waals surface area contributed by atoms with Gasteiger partial charge in [0, 0.05) is 10.7 Å². The first-order valence-electron chi connectivity index (χ1n) is 7.76. The molecular weight excluding hydrogens is 420 g/mol. The highest BCUT2D eigenvalue weighted by Crippen LogP contribution is 2.24. The number of amides is 1. The molecule has 0 N–H and O–H groups in total. The minimum atomic E-state index is -0.745. The molecule has 0 aliphatic heterocycles. The van der Waals surface area contributed by atoms with Gasteiger partial charge in [-0.2, -0.15) is 5.06 Å². The molecule has 1 aromatic carbocycles. The Bertz CT molecular complexity index is 828. The average Bonchev–Trinajstić information content (AvgIpc) is 2.69. The zero-order valence-electron chi connectivity index (χ0n) is 14.7. The molecule has 1 heterocycles. The lowest BCUT2D eigenvalue weighted by molar-refractivity contribution is -0.145. The highest BCUT2D eigenvalue weighted by atomic mass is 79.9. The van der Waals surface area contributed by atoms with Gasteiger partial charge in [0.15, 0.2) is 5.82 Å². The largest absolute Gasteiger partial charge is 0.469 e. The van der Waals surface area contributed by atoms with Crippen molar-refractivity contribution in [3.63, 3.8) is 0 Å². The highest BCUT2D eigenvalue weighted by molar-refractivity contribution is 9.10. The van der Waals surface area contributed by atoms with Gasteiger partial charge in [-0.25, -0.2) is 9.78 Å². The highest BCUT2D eigenvalue weighted by Gasteiger charge is 2.27. The smallest absolute Gasteiger partial charge is 0.341 e. The van der Waals surface area contributed by atoms with Crippen molar-refractivity contribution in [2.45, 2.75) is 13.0 Å². The molecule has 1 aromatic heterocycles. The van der Waals surface area contributed by atoms with Crippen molar-refractivity contribution in [3.8, 4) is 0 Å². The van der Waals surface area contributed by atoms with E-state index in [2.05, 4.69) is 25.7 Å². The van der Waals surface area contributed by atoms with Crippen LogP contribution in [-0.4, -0.2) is 37.0 Å². The first-order chi connectivity index (χ1) is 13.0. The number of methoxy groups -OCH3 is 2. The second-order valence-corrected chi connectivity index (χ2v) is 6.13. The van der Waals surface area contributed by atoms with Gasteiger partial charge < -0.3 is 9.47 Å². The topological polar surface area (TPSA) is 95.0 Å². The minimum absolute atomic E-state index is 0.00171. The molecule has 0 radical (unpaired) electrons. The Morgan fingerprint density at radius 1 is 1.11 bits per heavy atom. The summed E-state index contributed by atoms with van der Waals surface area (Å²) in [6, 6.07) is 10.5. The monoisotopic (exact) mass is 436 g/mol. The maximum Gasteiger partial charge on any atom is 0.341 e. The third-order valence-corrected chi connectivity index (χ3v) is 3.82. The standard InChI is InChI=1S/C18H17BrN2O6/c1-25-16(23)9-15(22)21(27-11-12-6-4-3-5-7-12)17-14(18(24)26-2)8-13(19)10-20-17/h3-8,10H,9,11H2,1-2H3. The van der Waals surface area contributed by atoms with E-state index in [4.69, 9.17) is 9.57 Å². The molecule has 2 rings (SSSR count). The van der Waals surface area contributed by atoms with Crippen molar-refractivity contribution < 1.29 is 28.7 Å². The van der Waals surface area contributed by atoms with Crippen LogP contribution in [0.25, 0.3) is 0 Å². The van der Waals surface area contributed by atoms with E-state index >= 15 is 0 Å². The molecule has 0 saturated carbocycles. The van der Waals surface area contributed by atoms with Gasteiger partial charge in [0.2, 0.25) is 0 Å². The lowest BCUT2D eigenvalue weighted by atomic mass is 10.2. The molecule has 0 bridgehead atoms. The molecule has 0 unspecified atom stereocenters. The molecule has 0 atom stereocenters. The van der Waals surface area contributed by atoms with E-state index in [0.717, 1.165) is 10.6 Å². The Morgan fingerprint density at radius 2 is 1.81 bits per heavy atom. The van der Waals surface area contributed by atoms with Crippen LogP contribution in [0.3, 0.4) is 0 Å². The summed E-state index contributed by atoms with van der Waals surface area (Å²) in [7, 11) is 2.38. The van der Waals surface area contributed by atoms with Crippen LogP contribution in [0.15, 0.2) is 47.1 Å². The second-order valence-electron chi connectivity index (χ2n) is 5.22. The molecule has 0 aliphatic carbocycles. The maximum atomic E-state index is 12.6. The first-order valence-corrected chi connectivity index (χ1v) is 8.56. The van der Waals surface area contributed by atoms with Crippen LogP contribution < -0.4 is 5.06 Å². The summed E-state index contributed by atoms with van der Waals surface area (Å²) < 4.78 is 9.78.